The van der Waals surface area contributed by atoms with Crippen molar-refractivity contribution in [1.29, 1.82) is 0 Å². The zero-order chi connectivity index (χ0) is 24.9. The van der Waals surface area contributed by atoms with E-state index in [1.54, 1.807) is 11.0 Å². The van der Waals surface area contributed by atoms with Crippen molar-refractivity contribution in [3.63, 3.8) is 0 Å². The first-order valence-corrected chi connectivity index (χ1v) is 12.6. The van der Waals surface area contributed by atoms with Crippen molar-refractivity contribution in [3.8, 4) is 0 Å². The van der Waals surface area contributed by atoms with Crippen molar-refractivity contribution in [1.82, 2.24) is 14.5 Å². The number of amides is 2. The molecule has 0 bridgehead atoms. The highest BCUT2D eigenvalue weighted by atomic mass is 16.5. The van der Waals surface area contributed by atoms with Crippen molar-refractivity contribution in [2.24, 2.45) is 5.92 Å². The normalized spacial score (nSPS) is 16.0. The number of aromatic nitrogens is 2. The van der Waals surface area contributed by atoms with Crippen LogP contribution in [0.1, 0.15) is 61.3 Å². The van der Waals surface area contributed by atoms with Crippen molar-refractivity contribution < 1.29 is 14.3 Å². The molecule has 35 heavy (non-hydrogen) atoms. The van der Waals surface area contributed by atoms with Crippen LogP contribution in [-0.4, -0.2) is 52.6 Å². The van der Waals surface area contributed by atoms with Gasteiger partial charge in [0.15, 0.2) is 0 Å². The smallest absolute Gasteiger partial charge is 0.255 e. The predicted octanol–water partition coefficient (Wildman–Crippen LogP) is 5.02. The molecule has 0 spiro atoms. The number of aryl methyl sites for hydroxylation is 1. The molecule has 1 N–H and O–H groups in total. The third kappa shape index (κ3) is 5.90. The van der Waals surface area contributed by atoms with Crippen molar-refractivity contribution in [2.45, 2.75) is 59.1 Å². The van der Waals surface area contributed by atoms with Crippen LogP contribution in [0.2, 0.25) is 0 Å². The Labute approximate surface area is 207 Å². The summed E-state index contributed by atoms with van der Waals surface area (Å²) in [5.41, 5.74) is 3.76. The molecule has 186 valence electrons. The Morgan fingerprint density at radius 3 is 2.66 bits per heavy atom. The van der Waals surface area contributed by atoms with Crippen molar-refractivity contribution >= 4 is 28.5 Å². The van der Waals surface area contributed by atoms with Crippen LogP contribution in [-0.2, 0) is 16.1 Å². The number of fused-ring (bicyclic) bond motifs is 1. The Hall–Kier alpha value is -3.19. The molecule has 2 heterocycles. The zero-order valence-corrected chi connectivity index (χ0v) is 21.2. The van der Waals surface area contributed by atoms with Crippen LogP contribution in [0, 0.1) is 12.8 Å². The van der Waals surface area contributed by atoms with E-state index >= 15 is 0 Å². The van der Waals surface area contributed by atoms with Gasteiger partial charge >= 0.3 is 0 Å². The Balaban J connectivity index is 1.69. The molecule has 1 aromatic heterocycles. The average molecular weight is 477 g/mol. The number of ether oxygens (including phenoxy) is 1. The first kappa shape index (κ1) is 24.9. The SMILES string of the molecule is Cc1nc2cc(NC(=O)C(C)C)cc(C(=O)N(C)CCC3CCCCO3)c2n1Cc1ccccc1. The summed E-state index contributed by atoms with van der Waals surface area (Å²) >= 11 is 0. The number of hydrogen-bond donors (Lipinski definition) is 1. The Morgan fingerprint density at radius 2 is 1.97 bits per heavy atom. The van der Waals surface area contributed by atoms with Crippen LogP contribution < -0.4 is 5.32 Å². The average Bonchev–Trinajstić information content (AvgIpc) is 3.17. The quantitative estimate of drug-likeness (QED) is 0.495. The van der Waals surface area contributed by atoms with E-state index in [0.29, 0.717) is 29.9 Å². The summed E-state index contributed by atoms with van der Waals surface area (Å²) in [4.78, 5) is 32.7. The second-order valence-electron chi connectivity index (χ2n) is 9.77. The molecule has 2 aromatic carbocycles. The largest absolute Gasteiger partial charge is 0.378 e. The first-order chi connectivity index (χ1) is 16.8. The fourth-order valence-corrected chi connectivity index (χ4v) is 4.55. The lowest BCUT2D eigenvalue weighted by Crippen LogP contribution is -2.32. The maximum atomic E-state index is 13.7. The third-order valence-corrected chi connectivity index (χ3v) is 6.65. The fourth-order valence-electron chi connectivity index (χ4n) is 4.55. The van der Waals surface area contributed by atoms with E-state index in [4.69, 9.17) is 9.72 Å². The summed E-state index contributed by atoms with van der Waals surface area (Å²) in [6.45, 7) is 7.67. The summed E-state index contributed by atoms with van der Waals surface area (Å²) < 4.78 is 7.95. The summed E-state index contributed by atoms with van der Waals surface area (Å²) in [7, 11) is 1.83. The van der Waals surface area contributed by atoms with Gasteiger partial charge in [0.25, 0.3) is 5.91 Å². The molecule has 2 amide bonds. The number of carbonyl (C=O) groups is 2. The summed E-state index contributed by atoms with van der Waals surface area (Å²) in [5.74, 6) is 0.482. The monoisotopic (exact) mass is 476 g/mol. The molecule has 1 aliphatic rings. The molecule has 1 fully saturated rings. The minimum absolute atomic E-state index is 0.0827. The number of hydrogen-bond acceptors (Lipinski definition) is 4. The van der Waals surface area contributed by atoms with E-state index < -0.39 is 0 Å². The van der Waals surface area contributed by atoms with Crippen LogP contribution in [0.25, 0.3) is 11.0 Å². The van der Waals surface area contributed by atoms with Gasteiger partial charge < -0.3 is 19.5 Å². The molecule has 0 radical (unpaired) electrons. The Bertz CT molecular complexity index is 1180. The lowest BCUT2D eigenvalue weighted by molar-refractivity contribution is -0.118. The number of rotatable bonds is 8. The molecular weight excluding hydrogens is 440 g/mol. The first-order valence-electron chi connectivity index (χ1n) is 12.6. The number of imidazole rings is 1. The van der Waals surface area contributed by atoms with Crippen LogP contribution in [0.15, 0.2) is 42.5 Å². The Morgan fingerprint density at radius 1 is 1.20 bits per heavy atom. The fraction of sp³-hybridized carbons (Fsp3) is 0.464. The van der Waals surface area contributed by atoms with Gasteiger partial charge in [-0.1, -0.05) is 44.2 Å². The third-order valence-electron chi connectivity index (χ3n) is 6.65. The number of anilines is 1. The van der Waals surface area contributed by atoms with Crippen LogP contribution in [0.4, 0.5) is 5.69 Å². The minimum atomic E-state index is -0.166. The van der Waals surface area contributed by atoms with Gasteiger partial charge in [-0.05, 0) is 50.3 Å². The summed E-state index contributed by atoms with van der Waals surface area (Å²) in [6.07, 6.45) is 4.37. The van der Waals surface area contributed by atoms with E-state index in [2.05, 4.69) is 22.0 Å². The van der Waals surface area contributed by atoms with Crippen LogP contribution in [0.3, 0.4) is 0 Å². The molecule has 0 saturated carbocycles. The molecule has 7 heteroatoms. The standard InChI is InChI=1S/C28H36N4O3/c1-19(2)27(33)30-22-16-24(28(34)31(4)14-13-23-12-8-9-15-35-23)26-25(17-22)29-20(3)32(26)18-21-10-6-5-7-11-21/h5-7,10-11,16-17,19,23H,8-9,12-15,18H2,1-4H3,(H,30,33). The molecule has 7 nitrogen and oxygen atoms in total. The molecule has 0 aliphatic carbocycles. The van der Waals surface area contributed by atoms with Gasteiger partial charge in [-0.15, -0.1) is 0 Å². The van der Waals surface area contributed by atoms with Gasteiger partial charge in [-0.25, -0.2) is 4.98 Å². The van der Waals surface area contributed by atoms with E-state index in [9.17, 15) is 9.59 Å². The van der Waals surface area contributed by atoms with E-state index in [1.807, 2.05) is 52.1 Å². The van der Waals surface area contributed by atoms with E-state index in [1.165, 1.54) is 6.42 Å². The Kier molecular flexibility index (Phi) is 7.86. The maximum Gasteiger partial charge on any atom is 0.255 e. The molecule has 3 aromatic rings. The molecule has 1 saturated heterocycles. The highest BCUT2D eigenvalue weighted by molar-refractivity contribution is 6.07. The lowest BCUT2D eigenvalue weighted by atomic mass is 10.1. The van der Waals surface area contributed by atoms with Crippen molar-refractivity contribution in [3.05, 3.63) is 59.4 Å². The second kappa shape index (κ2) is 11.0. The number of nitrogens with zero attached hydrogens (tertiary/aromatic N) is 3. The van der Waals surface area contributed by atoms with Crippen LogP contribution in [0.5, 0.6) is 0 Å². The van der Waals surface area contributed by atoms with E-state index in [0.717, 1.165) is 42.8 Å². The molecule has 4 rings (SSSR count). The minimum Gasteiger partial charge on any atom is -0.378 e. The zero-order valence-electron chi connectivity index (χ0n) is 21.2. The van der Waals surface area contributed by atoms with E-state index in [-0.39, 0.29) is 23.8 Å². The number of nitrogens with one attached hydrogen (secondary N) is 1. The molecule has 1 atom stereocenters. The van der Waals surface area contributed by atoms with Gasteiger partial charge in [-0.3, -0.25) is 9.59 Å². The summed E-state index contributed by atoms with van der Waals surface area (Å²) in [5, 5.41) is 2.95. The molecular formula is C28H36N4O3. The van der Waals surface area contributed by atoms with Crippen LogP contribution >= 0.6 is 0 Å². The molecule has 1 aliphatic heterocycles. The summed E-state index contributed by atoms with van der Waals surface area (Å²) in [6, 6.07) is 13.8. The van der Waals surface area contributed by atoms with Gasteiger partial charge in [0, 0.05) is 38.3 Å². The topological polar surface area (TPSA) is 76.5 Å². The lowest BCUT2D eigenvalue weighted by Gasteiger charge is -2.25. The second-order valence-corrected chi connectivity index (χ2v) is 9.77. The molecule has 1 unspecified atom stereocenters. The van der Waals surface area contributed by atoms with Gasteiger partial charge in [0.2, 0.25) is 5.91 Å². The van der Waals surface area contributed by atoms with Gasteiger partial charge in [-0.2, -0.15) is 0 Å². The maximum absolute atomic E-state index is 13.7. The van der Waals surface area contributed by atoms with Gasteiger partial charge in [0.1, 0.15) is 5.82 Å². The highest BCUT2D eigenvalue weighted by Gasteiger charge is 2.23. The van der Waals surface area contributed by atoms with Crippen molar-refractivity contribution in [2.75, 3.05) is 25.5 Å². The number of carbonyl (C=O) groups excluding carboxylic acids is 2. The highest BCUT2D eigenvalue weighted by Crippen LogP contribution is 2.28. The van der Waals surface area contributed by atoms with Gasteiger partial charge in [0.05, 0.1) is 22.7 Å². The predicted molar refractivity (Wildman–Crippen MR) is 139 cm³/mol. The number of benzene rings is 2.